The molecule has 1 aliphatic carbocycles. The topological polar surface area (TPSA) is 164 Å². The lowest BCUT2D eigenvalue weighted by molar-refractivity contribution is -0.110. The minimum absolute atomic E-state index is 0.0445. The van der Waals surface area contributed by atoms with Gasteiger partial charge in [-0.05, 0) is 114 Å². The minimum atomic E-state index is -0.232. The molecule has 5 aromatic rings. The van der Waals surface area contributed by atoms with E-state index in [-0.39, 0.29) is 29.9 Å². The van der Waals surface area contributed by atoms with Crippen LogP contribution < -0.4 is 26.6 Å². The van der Waals surface area contributed by atoms with Gasteiger partial charge in [-0.1, -0.05) is 104 Å². The second-order valence-corrected chi connectivity index (χ2v) is 15.6. The van der Waals surface area contributed by atoms with Gasteiger partial charge in [-0.3, -0.25) is 19.4 Å². The fraction of sp³-hybridized carbons (Fsp3) is 0.373. The molecule has 2 unspecified atom stereocenters. The normalized spacial score (nSPS) is 13.8. The van der Waals surface area contributed by atoms with E-state index in [4.69, 9.17) is 15.3 Å². The van der Waals surface area contributed by atoms with Crippen LogP contribution in [0.5, 0.6) is 0 Å². The summed E-state index contributed by atoms with van der Waals surface area (Å²) in [6.07, 6.45) is 5.89. The van der Waals surface area contributed by atoms with E-state index in [9.17, 15) is 14.4 Å². The quantitative estimate of drug-likeness (QED) is 0.0752. The van der Waals surface area contributed by atoms with Gasteiger partial charge < -0.3 is 36.2 Å². The number of carbonyl (C=O) groups excluding carboxylic acids is 5. The number of aromatic nitrogens is 1. The molecule has 0 saturated carbocycles. The van der Waals surface area contributed by atoms with Gasteiger partial charge in [0.2, 0.25) is 6.41 Å². The van der Waals surface area contributed by atoms with Gasteiger partial charge in [0, 0.05) is 54.5 Å². The summed E-state index contributed by atoms with van der Waals surface area (Å²) in [6.45, 7) is 25.2. The van der Waals surface area contributed by atoms with Crippen molar-refractivity contribution in [3.63, 3.8) is 0 Å². The molecule has 4 atom stereocenters. The van der Waals surface area contributed by atoms with Crippen LogP contribution in [0.25, 0.3) is 0 Å². The number of rotatable bonds is 11. The second-order valence-electron chi connectivity index (χ2n) is 14.9. The third-order valence-corrected chi connectivity index (χ3v) is 9.99. The van der Waals surface area contributed by atoms with E-state index in [0.29, 0.717) is 30.0 Å². The fourth-order valence-electron chi connectivity index (χ4n) is 6.23. The van der Waals surface area contributed by atoms with Crippen LogP contribution in [0.1, 0.15) is 142 Å². The Morgan fingerprint density at radius 2 is 1.41 bits per heavy atom. The molecule has 12 heteroatoms. The Hall–Kier alpha value is -6.14. The lowest BCUT2D eigenvalue weighted by Gasteiger charge is -2.28. The third-order valence-electron chi connectivity index (χ3n) is 9.18. The Morgan fingerprint density at radius 1 is 0.825 bits per heavy atom. The van der Waals surface area contributed by atoms with Crippen molar-refractivity contribution >= 4 is 54.5 Å². The predicted molar refractivity (Wildman–Crippen MR) is 263 cm³/mol. The molecule has 342 valence electrons. The molecule has 2 heterocycles. The summed E-state index contributed by atoms with van der Waals surface area (Å²) in [5.41, 5.74) is 13.8. The van der Waals surface area contributed by atoms with E-state index in [1.54, 1.807) is 29.8 Å². The van der Waals surface area contributed by atoms with Crippen molar-refractivity contribution in [3.05, 3.63) is 147 Å². The number of fused-ring (bicyclic) bond motifs is 1. The van der Waals surface area contributed by atoms with E-state index >= 15 is 0 Å². The molecule has 0 aliphatic heterocycles. The van der Waals surface area contributed by atoms with Gasteiger partial charge in [-0.15, -0.1) is 0 Å². The van der Waals surface area contributed by atoms with Crippen LogP contribution in [0.15, 0.2) is 108 Å². The summed E-state index contributed by atoms with van der Waals surface area (Å²) >= 11 is 1.72. The van der Waals surface area contributed by atoms with Crippen LogP contribution in [0.4, 0.5) is 11.4 Å². The number of nitrogens with two attached hydrogens (primary N) is 1. The summed E-state index contributed by atoms with van der Waals surface area (Å²) in [5, 5.41) is 13.4. The second kappa shape index (κ2) is 32.6. The summed E-state index contributed by atoms with van der Waals surface area (Å²) in [7, 11) is 1.98. The summed E-state index contributed by atoms with van der Waals surface area (Å²) < 4.78 is 0. The highest BCUT2D eigenvalue weighted by atomic mass is 32.1. The maximum atomic E-state index is 13.6. The van der Waals surface area contributed by atoms with Crippen molar-refractivity contribution in [1.29, 1.82) is 0 Å². The van der Waals surface area contributed by atoms with E-state index < -0.39 is 0 Å². The molecular formula is C51H72N6O5S. The van der Waals surface area contributed by atoms with Crippen LogP contribution in [-0.2, 0) is 27.3 Å². The Labute approximate surface area is 381 Å². The maximum Gasteiger partial charge on any atom is 0.251 e. The number of hydrogen-bond acceptors (Lipinski definition) is 9. The predicted octanol–water partition coefficient (Wildman–Crippen LogP) is 10.5. The van der Waals surface area contributed by atoms with Crippen molar-refractivity contribution in [1.82, 2.24) is 20.9 Å². The van der Waals surface area contributed by atoms with Crippen LogP contribution >= 0.6 is 11.3 Å². The van der Waals surface area contributed by atoms with Gasteiger partial charge >= 0.3 is 0 Å². The zero-order valence-corrected chi connectivity index (χ0v) is 40.1. The molecule has 0 spiro atoms. The lowest BCUT2D eigenvalue weighted by Crippen LogP contribution is -2.39. The average molecular weight is 881 g/mol. The Morgan fingerprint density at radius 3 is 1.97 bits per heavy atom. The van der Waals surface area contributed by atoms with Gasteiger partial charge in [-0.2, -0.15) is 11.3 Å². The van der Waals surface area contributed by atoms with Gasteiger partial charge in [0.1, 0.15) is 13.6 Å². The molecule has 63 heavy (non-hydrogen) atoms. The molecule has 0 saturated heterocycles. The number of thiophene rings is 1. The first-order chi connectivity index (χ1) is 30.3. The molecule has 0 bridgehead atoms. The molecule has 3 amide bonds. The molecule has 6 rings (SSSR count). The van der Waals surface area contributed by atoms with Crippen LogP contribution in [0, 0.1) is 5.92 Å². The number of benzene rings is 3. The molecule has 3 aromatic carbocycles. The zero-order chi connectivity index (χ0) is 47.9. The molecule has 2 aromatic heterocycles. The van der Waals surface area contributed by atoms with Crippen LogP contribution in [0.3, 0.4) is 0 Å². The molecule has 1 aliphatic rings. The first kappa shape index (κ1) is 56.9. The van der Waals surface area contributed by atoms with E-state index in [2.05, 4.69) is 76.4 Å². The zero-order valence-electron chi connectivity index (χ0n) is 39.3. The highest BCUT2D eigenvalue weighted by molar-refractivity contribution is 7.08. The maximum absolute atomic E-state index is 13.6. The smallest absolute Gasteiger partial charge is 0.251 e. The van der Waals surface area contributed by atoms with Gasteiger partial charge in [-0.25, -0.2) is 0 Å². The van der Waals surface area contributed by atoms with Crippen molar-refractivity contribution in [3.8, 4) is 0 Å². The molecular weight excluding hydrogens is 809 g/mol. The first-order valence-electron chi connectivity index (χ1n) is 21.4. The summed E-state index contributed by atoms with van der Waals surface area (Å²) in [6, 6.07) is 26.7. The number of amides is 3. The SMILES string of the molecule is C=O.C=O.CC.CC.CC(C)C.CC1C[C@@H](NC(=O)c2cc(C(=O)NC(C)c3cccnc3)cc(N(C)Cc3ccccc3)c2)Cc2cscc21.C[C@@H](NC=O)c1ccc(N)cc1. The number of hydrogen-bond donors (Lipinski definition) is 4. The number of carbonyl (C=O) groups is 5. The highest BCUT2D eigenvalue weighted by Crippen LogP contribution is 2.34. The standard InChI is InChI=1S/C32H34N4O2S.C9H12N2O.C4H10.2C2H6.2CH2O/c1-21-12-28(14-27-19-39-20-30(21)27)35-32(38)26-13-25(31(37)34-22(2)24-10-7-11-33-17-24)15-29(16-26)36(3)18-23-8-5-4-6-9-23;1-7(11-6-12)8-2-4-9(10)5-3-8;1-4(2)3;4*1-2/h4-11,13,15-17,19-22,28H,12,14,18H2,1-3H3,(H,34,37)(H,35,38);2-7H,10H2,1H3,(H,11,12);4H,1-3H3;2*1-2H3;2*1H2/t21?,22?,28-;7-;;;;;/m11...../s1. The Balaban J connectivity index is 0.00000133. The van der Waals surface area contributed by atoms with Gasteiger partial charge in [0.25, 0.3) is 11.8 Å². The van der Waals surface area contributed by atoms with Gasteiger partial charge in [0.15, 0.2) is 0 Å². The van der Waals surface area contributed by atoms with Crippen LogP contribution in [0.2, 0.25) is 0 Å². The largest absolute Gasteiger partial charge is 0.399 e. The number of pyridine rings is 1. The molecule has 11 nitrogen and oxygen atoms in total. The van der Waals surface area contributed by atoms with Crippen molar-refractivity contribution in [2.24, 2.45) is 5.92 Å². The molecule has 0 fully saturated rings. The number of nitrogen functional groups attached to an aromatic ring is 1. The molecule has 0 radical (unpaired) electrons. The van der Waals surface area contributed by atoms with Gasteiger partial charge in [0.05, 0.1) is 12.1 Å². The third kappa shape index (κ3) is 20.5. The van der Waals surface area contributed by atoms with Crippen molar-refractivity contribution in [2.45, 2.75) is 113 Å². The van der Waals surface area contributed by atoms with Crippen molar-refractivity contribution < 1.29 is 24.0 Å². The number of nitrogens with zero attached hydrogens (tertiary/aromatic N) is 2. The fourth-order valence-corrected chi connectivity index (χ4v) is 7.23. The van der Waals surface area contributed by atoms with Crippen LogP contribution in [-0.4, -0.2) is 49.9 Å². The Kier molecular flexibility index (Phi) is 29.4. The van der Waals surface area contributed by atoms with Crippen molar-refractivity contribution in [2.75, 3.05) is 17.7 Å². The van der Waals surface area contributed by atoms with E-state index in [1.165, 1.54) is 11.1 Å². The highest BCUT2D eigenvalue weighted by Gasteiger charge is 2.27. The average Bonchev–Trinajstić information content (AvgIpc) is 3.79. The monoisotopic (exact) mass is 881 g/mol. The van der Waals surface area contributed by atoms with E-state index in [1.807, 2.05) is 129 Å². The first-order valence-corrected chi connectivity index (χ1v) is 22.4. The molecule has 5 N–H and O–H groups in total. The van der Waals surface area contributed by atoms with E-state index in [0.717, 1.165) is 46.8 Å². The Bertz CT molecular complexity index is 1990. The summed E-state index contributed by atoms with van der Waals surface area (Å²) in [4.78, 5) is 59.3. The summed E-state index contributed by atoms with van der Waals surface area (Å²) in [5.74, 6) is 0.851. The lowest BCUT2D eigenvalue weighted by atomic mass is 9.83. The minimum Gasteiger partial charge on any atom is -0.399 e. The number of nitrogens with one attached hydrogen (secondary N) is 3. The number of anilines is 2.